The normalized spacial score (nSPS) is 20.6. The van der Waals surface area contributed by atoms with Crippen molar-refractivity contribution < 1.29 is 26.3 Å². The Morgan fingerprint density at radius 1 is 0.905 bits per heavy atom. The Bertz CT molecular complexity index is 456. The summed E-state index contributed by atoms with van der Waals surface area (Å²) in [6, 6.07) is 1.54. The zero-order valence-electron chi connectivity index (χ0n) is 10.9. The highest BCUT2D eigenvalue weighted by Gasteiger charge is 2.37. The van der Waals surface area contributed by atoms with E-state index in [1.54, 1.807) is 0 Å². The lowest BCUT2D eigenvalue weighted by molar-refractivity contribution is -0.143. The molecule has 1 heterocycles. The minimum atomic E-state index is -4.80. The van der Waals surface area contributed by atoms with Crippen LogP contribution in [0.15, 0.2) is 18.2 Å². The van der Waals surface area contributed by atoms with Crippen LogP contribution in [0.3, 0.4) is 0 Å². The smallest absolute Gasteiger partial charge is 0.314 e. The second-order valence-corrected chi connectivity index (χ2v) is 4.97. The first-order valence-electron chi connectivity index (χ1n) is 6.39. The van der Waals surface area contributed by atoms with Crippen molar-refractivity contribution in [1.82, 2.24) is 10.6 Å². The lowest BCUT2D eigenvalue weighted by atomic mass is 9.99. The van der Waals surface area contributed by atoms with Gasteiger partial charge in [-0.1, -0.05) is 0 Å². The molecule has 1 saturated heterocycles. The van der Waals surface area contributed by atoms with E-state index in [-0.39, 0.29) is 24.1 Å². The van der Waals surface area contributed by atoms with E-state index >= 15 is 0 Å². The van der Waals surface area contributed by atoms with Gasteiger partial charge < -0.3 is 10.6 Å². The van der Waals surface area contributed by atoms with Crippen molar-refractivity contribution in [1.29, 1.82) is 0 Å². The zero-order valence-corrected chi connectivity index (χ0v) is 10.9. The van der Waals surface area contributed by atoms with Gasteiger partial charge in [-0.15, -0.1) is 0 Å². The molecule has 0 aromatic heterocycles. The highest BCUT2D eigenvalue weighted by molar-refractivity contribution is 5.34. The van der Waals surface area contributed by atoms with E-state index in [0.29, 0.717) is 13.1 Å². The van der Waals surface area contributed by atoms with Crippen LogP contribution < -0.4 is 10.6 Å². The average molecular weight is 312 g/mol. The molecule has 0 saturated carbocycles. The van der Waals surface area contributed by atoms with Gasteiger partial charge in [-0.25, -0.2) is 0 Å². The molecule has 1 aromatic carbocycles. The third-order valence-electron chi connectivity index (χ3n) is 3.26. The van der Waals surface area contributed by atoms with Crippen molar-refractivity contribution in [3.63, 3.8) is 0 Å². The van der Waals surface area contributed by atoms with E-state index in [2.05, 4.69) is 10.6 Å². The van der Waals surface area contributed by atoms with Crippen LogP contribution in [0.5, 0.6) is 0 Å². The third kappa shape index (κ3) is 4.34. The van der Waals surface area contributed by atoms with Gasteiger partial charge in [0.25, 0.3) is 0 Å². The van der Waals surface area contributed by atoms with Gasteiger partial charge in [-0.2, -0.15) is 26.3 Å². The van der Waals surface area contributed by atoms with Gasteiger partial charge in [0.1, 0.15) is 0 Å². The Morgan fingerprint density at radius 2 is 1.48 bits per heavy atom. The molecule has 21 heavy (non-hydrogen) atoms. The molecule has 2 rings (SSSR count). The minimum Gasteiger partial charge on any atom is -0.314 e. The predicted octanol–water partition coefficient (Wildman–Crippen LogP) is 2.83. The number of hydrogen-bond acceptors (Lipinski definition) is 2. The number of benzene rings is 1. The van der Waals surface area contributed by atoms with Gasteiger partial charge in [0.15, 0.2) is 0 Å². The molecule has 8 heteroatoms. The van der Waals surface area contributed by atoms with Gasteiger partial charge in [-0.05, 0) is 30.2 Å². The fourth-order valence-electron chi connectivity index (χ4n) is 2.28. The lowest BCUT2D eigenvalue weighted by Gasteiger charge is -2.25. The molecule has 0 unspecified atom stereocenters. The Hall–Kier alpha value is -1.28. The SMILES string of the molecule is FC(F)(F)c1cc(C[C@@H]2CNCCN2)cc(C(F)(F)F)c1. The highest BCUT2D eigenvalue weighted by atomic mass is 19.4. The van der Waals surface area contributed by atoms with E-state index in [4.69, 9.17) is 0 Å². The largest absolute Gasteiger partial charge is 0.416 e. The van der Waals surface area contributed by atoms with Crippen molar-refractivity contribution in [2.75, 3.05) is 19.6 Å². The molecule has 2 nitrogen and oxygen atoms in total. The van der Waals surface area contributed by atoms with Crippen molar-refractivity contribution >= 4 is 0 Å². The summed E-state index contributed by atoms with van der Waals surface area (Å²) >= 11 is 0. The summed E-state index contributed by atoms with van der Waals surface area (Å²) in [6.07, 6.45) is -9.48. The Labute approximate surface area is 117 Å². The molecule has 1 aliphatic heterocycles. The predicted molar refractivity (Wildman–Crippen MR) is 64.8 cm³/mol. The first kappa shape index (κ1) is 16.1. The average Bonchev–Trinajstić information content (AvgIpc) is 2.37. The molecule has 1 atom stereocenters. The van der Waals surface area contributed by atoms with E-state index < -0.39 is 23.5 Å². The number of rotatable bonds is 2. The monoisotopic (exact) mass is 312 g/mol. The maximum absolute atomic E-state index is 12.7. The van der Waals surface area contributed by atoms with Crippen molar-refractivity contribution in [2.45, 2.75) is 24.8 Å². The molecule has 118 valence electrons. The molecule has 1 fully saturated rings. The zero-order chi connectivity index (χ0) is 15.7. The van der Waals surface area contributed by atoms with Crippen LogP contribution in [0, 0.1) is 0 Å². The molecular formula is C13H14F6N2. The molecule has 0 aliphatic carbocycles. The third-order valence-corrected chi connectivity index (χ3v) is 3.26. The van der Waals surface area contributed by atoms with Crippen molar-refractivity contribution in [3.05, 3.63) is 34.9 Å². The first-order chi connectivity index (χ1) is 9.66. The summed E-state index contributed by atoms with van der Waals surface area (Å²) in [5, 5.41) is 6.10. The molecular weight excluding hydrogens is 298 g/mol. The second-order valence-electron chi connectivity index (χ2n) is 4.97. The Kier molecular flexibility index (Phi) is 4.48. The van der Waals surface area contributed by atoms with E-state index in [9.17, 15) is 26.3 Å². The summed E-state index contributed by atoms with van der Waals surface area (Å²) in [6.45, 7) is 1.88. The maximum Gasteiger partial charge on any atom is 0.416 e. The standard InChI is InChI=1S/C13H14F6N2/c14-12(15,16)9-3-8(4-10(6-9)13(17,18)19)5-11-7-20-1-2-21-11/h3-4,6,11,20-21H,1-2,5,7H2/t11-/m1/s1. The van der Waals surface area contributed by atoms with E-state index in [1.807, 2.05) is 0 Å². The summed E-state index contributed by atoms with van der Waals surface area (Å²) in [4.78, 5) is 0. The Morgan fingerprint density at radius 3 is 1.90 bits per heavy atom. The summed E-state index contributed by atoms with van der Waals surface area (Å²) in [5.74, 6) is 0. The van der Waals surface area contributed by atoms with Gasteiger partial charge in [0.2, 0.25) is 0 Å². The van der Waals surface area contributed by atoms with Crippen LogP contribution in [-0.4, -0.2) is 25.7 Å². The van der Waals surface area contributed by atoms with Crippen LogP contribution in [0.25, 0.3) is 0 Å². The summed E-state index contributed by atoms with van der Waals surface area (Å²) in [5.41, 5.74) is -2.51. The fourth-order valence-corrected chi connectivity index (χ4v) is 2.28. The van der Waals surface area contributed by atoms with Gasteiger partial charge in [-0.3, -0.25) is 0 Å². The van der Waals surface area contributed by atoms with Crippen LogP contribution in [0.4, 0.5) is 26.3 Å². The second kappa shape index (κ2) is 5.84. The topological polar surface area (TPSA) is 24.1 Å². The van der Waals surface area contributed by atoms with Crippen molar-refractivity contribution in [2.24, 2.45) is 0 Å². The molecule has 0 bridgehead atoms. The first-order valence-corrected chi connectivity index (χ1v) is 6.39. The number of halogens is 6. The van der Waals surface area contributed by atoms with E-state index in [0.717, 1.165) is 18.7 Å². The van der Waals surface area contributed by atoms with Crippen LogP contribution in [-0.2, 0) is 18.8 Å². The molecule has 0 spiro atoms. The van der Waals surface area contributed by atoms with Gasteiger partial charge in [0, 0.05) is 25.7 Å². The summed E-state index contributed by atoms with van der Waals surface area (Å²) < 4.78 is 76.3. The number of nitrogens with one attached hydrogen (secondary N) is 2. The van der Waals surface area contributed by atoms with Gasteiger partial charge >= 0.3 is 12.4 Å². The van der Waals surface area contributed by atoms with Crippen LogP contribution >= 0.6 is 0 Å². The quantitative estimate of drug-likeness (QED) is 0.821. The number of hydrogen-bond donors (Lipinski definition) is 2. The number of alkyl halides is 6. The Balaban J connectivity index is 2.31. The molecule has 1 aliphatic rings. The van der Waals surface area contributed by atoms with Crippen LogP contribution in [0.1, 0.15) is 16.7 Å². The van der Waals surface area contributed by atoms with Crippen molar-refractivity contribution in [3.8, 4) is 0 Å². The van der Waals surface area contributed by atoms with Gasteiger partial charge in [0.05, 0.1) is 11.1 Å². The van der Waals surface area contributed by atoms with E-state index in [1.165, 1.54) is 0 Å². The maximum atomic E-state index is 12.7. The lowest BCUT2D eigenvalue weighted by Crippen LogP contribution is -2.49. The number of piperazine rings is 1. The molecule has 0 amide bonds. The molecule has 1 aromatic rings. The van der Waals surface area contributed by atoms with Crippen LogP contribution in [0.2, 0.25) is 0 Å². The highest BCUT2D eigenvalue weighted by Crippen LogP contribution is 2.36. The summed E-state index contributed by atoms with van der Waals surface area (Å²) in [7, 11) is 0. The minimum absolute atomic E-state index is 0.0263. The fraction of sp³-hybridized carbons (Fsp3) is 0.538. The molecule has 0 radical (unpaired) electrons. The molecule has 2 N–H and O–H groups in total.